The van der Waals surface area contributed by atoms with Gasteiger partial charge in [-0.2, -0.15) is 0 Å². The standard InChI is InChI=1S/C17H27N3O4.ClH/c1-12(21)18-6-8-19(9-7-18)16(22)11-20-14-5-3-2-4-13(14)10-15(20)17(23)24;/h13-15H,2-11H2,1H3,(H,23,24);1H. The lowest BCUT2D eigenvalue weighted by molar-refractivity contribution is -0.145. The first-order valence-corrected chi connectivity index (χ1v) is 8.99. The lowest BCUT2D eigenvalue weighted by Crippen LogP contribution is -2.54. The van der Waals surface area contributed by atoms with Gasteiger partial charge in [0.1, 0.15) is 6.04 Å². The third kappa shape index (κ3) is 4.26. The summed E-state index contributed by atoms with van der Waals surface area (Å²) in [4.78, 5) is 41.1. The molecule has 3 unspecified atom stereocenters. The third-order valence-corrected chi connectivity index (χ3v) is 5.90. The fourth-order valence-corrected chi connectivity index (χ4v) is 4.55. The van der Waals surface area contributed by atoms with Crippen LogP contribution in [0.4, 0.5) is 0 Å². The Morgan fingerprint density at radius 3 is 2.20 bits per heavy atom. The van der Waals surface area contributed by atoms with Crippen molar-refractivity contribution in [3.8, 4) is 0 Å². The highest BCUT2D eigenvalue weighted by Crippen LogP contribution is 2.39. The Labute approximate surface area is 154 Å². The average Bonchev–Trinajstić information content (AvgIpc) is 2.94. The van der Waals surface area contributed by atoms with E-state index in [1.807, 2.05) is 4.90 Å². The second kappa shape index (κ2) is 8.36. The lowest BCUT2D eigenvalue weighted by Gasteiger charge is -2.37. The van der Waals surface area contributed by atoms with Gasteiger partial charge in [-0.25, -0.2) is 0 Å². The number of piperazine rings is 1. The molecule has 2 amide bonds. The molecule has 2 aliphatic heterocycles. The topological polar surface area (TPSA) is 81.2 Å². The molecule has 8 heteroatoms. The minimum atomic E-state index is -0.807. The van der Waals surface area contributed by atoms with Crippen molar-refractivity contribution in [2.45, 2.75) is 51.1 Å². The van der Waals surface area contributed by atoms with Crippen LogP contribution in [0.2, 0.25) is 0 Å². The van der Waals surface area contributed by atoms with Crippen molar-refractivity contribution in [1.29, 1.82) is 0 Å². The number of hydrogen-bond acceptors (Lipinski definition) is 4. The van der Waals surface area contributed by atoms with Gasteiger partial charge in [0.2, 0.25) is 11.8 Å². The molecule has 1 aliphatic carbocycles. The number of likely N-dealkylation sites (tertiary alicyclic amines) is 1. The van der Waals surface area contributed by atoms with Crippen LogP contribution in [0, 0.1) is 5.92 Å². The minimum absolute atomic E-state index is 0. The molecular weight excluding hydrogens is 346 g/mol. The number of halogens is 1. The Hall–Kier alpha value is -1.34. The zero-order chi connectivity index (χ0) is 17.3. The first-order chi connectivity index (χ1) is 11.5. The summed E-state index contributed by atoms with van der Waals surface area (Å²) in [7, 11) is 0. The van der Waals surface area contributed by atoms with E-state index in [0.717, 1.165) is 19.3 Å². The molecule has 0 aromatic heterocycles. The molecule has 0 radical (unpaired) electrons. The smallest absolute Gasteiger partial charge is 0.320 e. The van der Waals surface area contributed by atoms with Gasteiger partial charge < -0.3 is 14.9 Å². The number of aliphatic carboxylic acids is 1. The highest BCUT2D eigenvalue weighted by Gasteiger charge is 2.46. The van der Waals surface area contributed by atoms with Crippen LogP contribution in [0.25, 0.3) is 0 Å². The van der Waals surface area contributed by atoms with Gasteiger partial charge in [-0.1, -0.05) is 12.8 Å². The van der Waals surface area contributed by atoms with Gasteiger partial charge in [0.25, 0.3) is 0 Å². The fraction of sp³-hybridized carbons (Fsp3) is 0.824. The normalized spacial score (nSPS) is 29.7. The molecule has 3 fully saturated rings. The second-order valence-corrected chi connectivity index (χ2v) is 7.26. The number of hydrogen-bond donors (Lipinski definition) is 1. The van der Waals surface area contributed by atoms with E-state index in [-0.39, 0.29) is 36.8 Å². The Bertz CT molecular complexity index is 522. The number of amides is 2. The van der Waals surface area contributed by atoms with Gasteiger partial charge >= 0.3 is 5.97 Å². The van der Waals surface area contributed by atoms with Crippen LogP contribution >= 0.6 is 12.4 Å². The Balaban J connectivity index is 0.00000225. The molecule has 0 aromatic carbocycles. The van der Waals surface area contributed by atoms with Crippen LogP contribution in [0.15, 0.2) is 0 Å². The third-order valence-electron chi connectivity index (χ3n) is 5.90. The monoisotopic (exact) mass is 373 g/mol. The van der Waals surface area contributed by atoms with Crippen LogP contribution in [0.3, 0.4) is 0 Å². The van der Waals surface area contributed by atoms with Gasteiger partial charge in [-0.3, -0.25) is 19.3 Å². The summed E-state index contributed by atoms with van der Waals surface area (Å²) in [6.45, 7) is 3.95. The number of carbonyl (C=O) groups is 3. The van der Waals surface area contributed by atoms with Gasteiger partial charge in [-0.05, 0) is 25.2 Å². The molecule has 0 spiro atoms. The molecule has 0 bridgehead atoms. The number of fused-ring (bicyclic) bond motifs is 1. The van der Waals surface area contributed by atoms with E-state index >= 15 is 0 Å². The quantitative estimate of drug-likeness (QED) is 0.792. The molecule has 3 rings (SSSR count). The first kappa shape index (κ1) is 20.0. The second-order valence-electron chi connectivity index (χ2n) is 7.26. The Morgan fingerprint density at radius 1 is 1.00 bits per heavy atom. The van der Waals surface area contributed by atoms with E-state index < -0.39 is 12.0 Å². The maximum Gasteiger partial charge on any atom is 0.320 e. The number of nitrogens with zero attached hydrogens (tertiary/aromatic N) is 3. The van der Waals surface area contributed by atoms with Crippen LogP contribution < -0.4 is 0 Å². The van der Waals surface area contributed by atoms with Crippen LogP contribution in [-0.2, 0) is 14.4 Å². The first-order valence-electron chi connectivity index (χ1n) is 8.99. The zero-order valence-corrected chi connectivity index (χ0v) is 15.5. The summed E-state index contributed by atoms with van der Waals surface area (Å²) in [5, 5.41) is 9.54. The van der Waals surface area contributed by atoms with Crippen LogP contribution in [0.1, 0.15) is 39.0 Å². The molecule has 142 valence electrons. The molecular formula is C17H28ClN3O4. The predicted octanol–water partition coefficient (Wildman–Crippen LogP) is 0.817. The van der Waals surface area contributed by atoms with Gasteiger partial charge in [0.15, 0.2) is 0 Å². The predicted molar refractivity (Wildman–Crippen MR) is 94.6 cm³/mol. The summed E-state index contributed by atoms with van der Waals surface area (Å²) in [5.41, 5.74) is 0. The Kier molecular flexibility index (Phi) is 6.68. The van der Waals surface area contributed by atoms with Crippen molar-refractivity contribution in [3.05, 3.63) is 0 Å². The molecule has 1 N–H and O–H groups in total. The van der Waals surface area contributed by atoms with Crippen molar-refractivity contribution >= 4 is 30.2 Å². The molecule has 3 aliphatic rings. The maximum atomic E-state index is 12.7. The van der Waals surface area contributed by atoms with E-state index in [1.54, 1.807) is 16.7 Å². The molecule has 2 heterocycles. The molecule has 2 saturated heterocycles. The van der Waals surface area contributed by atoms with E-state index in [2.05, 4.69) is 0 Å². The number of rotatable bonds is 3. The average molecular weight is 374 g/mol. The maximum absolute atomic E-state index is 12.7. The van der Waals surface area contributed by atoms with Crippen molar-refractivity contribution in [2.75, 3.05) is 32.7 Å². The fourth-order valence-electron chi connectivity index (χ4n) is 4.55. The van der Waals surface area contributed by atoms with Crippen molar-refractivity contribution in [2.24, 2.45) is 5.92 Å². The molecule has 0 aromatic rings. The van der Waals surface area contributed by atoms with Gasteiger partial charge in [0, 0.05) is 39.1 Å². The summed E-state index contributed by atoms with van der Waals surface area (Å²) in [6.07, 6.45) is 5.04. The summed E-state index contributed by atoms with van der Waals surface area (Å²) in [5.74, 6) is -0.353. The highest BCUT2D eigenvalue weighted by molar-refractivity contribution is 5.85. The molecule has 25 heavy (non-hydrogen) atoms. The van der Waals surface area contributed by atoms with Crippen LogP contribution in [-0.4, -0.2) is 82.4 Å². The largest absolute Gasteiger partial charge is 0.480 e. The minimum Gasteiger partial charge on any atom is -0.480 e. The highest BCUT2D eigenvalue weighted by atomic mass is 35.5. The van der Waals surface area contributed by atoms with Crippen LogP contribution in [0.5, 0.6) is 0 Å². The SMILES string of the molecule is CC(=O)N1CCN(C(=O)CN2C(C(=O)O)CC3CCCCC32)CC1.Cl. The molecule has 7 nitrogen and oxygen atoms in total. The molecule has 1 saturated carbocycles. The molecule has 3 atom stereocenters. The number of carboxylic acids is 1. The summed E-state index contributed by atoms with van der Waals surface area (Å²) >= 11 is 0. The van der Waals surface area contributed by atoms with Gasteiger partial charge in [0.05, 0.1) is 6.54 Å². The Morgan fingerprint density at radius 2 is 1.60 bits per heavy atom. The number of carboxylic acid groups (broad SMARTS) is 1. The summed E-state index contributed by atoms with van der Waals surface area (Å²) in [6, 6.07) is -0.289. The van der Waals surface area contributed by atoms with Crippen molar-refractivity contribution in [1.82, 2.24) is 14.7 Å². The van der Waals surface area contributed by atoms with E-state index in [0.29, 0.717) is 38.5 Å². The lowest BCUT2D eigenvalue weighted by atomic mass is 9.85. The van der Waals surface area contributed by atoms with E-state index in [4.69, 9.17) is 0 Å². The van der Waals surface area contributed by atoms with E-state index in [9.17, 15) is 19.5 Å². The summed E-state index contributed by atoms with van der Waals surface area (Å²) < 4.78 is 0. The van der Waals surface area contributed by atoms with Gasteiger partial charge in [-0.15, -0.1) is 12.4 Å². The van der Waals surface area contributed by atoms with E-state index in [1.165, 1.54) is 6.42 Å². The number of carbonyl (C=O) groups excluding carboxylic acids is 2. The van der Waals surface area contributed by atoms with Crippen molar-refractivity contribution < 1.29 is 19.5 Å². The van der Waals surface area contributed by atoms with Crippen molar-refractivity contribution in [3.63, 3.8) is 0 Å². The zero-order valence-electron chi connectivity index (χ0n) is 14.7.